The minimum Gasteiger partial charge on any atom is -0.383 e. The highest BCUT2D eigenvalue weighted by atomic mass is 32.1. The molecule has 0 amide bonds. The van der Waals surface area contributed by atoms with Crippen LogP contribution in [0, 0.1) is 0 Å². The fraction of sp³-hybridized carbons (Fsp3) is 0.400. The highest BCUT2D eigenvalue weighted by molar-refractivity contribution is 7.10. The predicted octanol–water partition coefficient (Wildman–Crippen LogP) is 1.94. The number of nitrogens with zero attached hydrogens (tertiary/aromatic N) is 2. The van der Waals surface area contributed by atoms with Crippen molar-refractivity contribution in [2.24, 2.45) is 0 Å². The molecule has 1 saturated carbocycles. The van der Waals surface area contributed by atoms with Gasteiger partial charge in [-0.15, -0.1) is 0 Å². The smallest absolute Gasteiger partial charge is 0.142 e. The SMILES string of the molecule is Nc1nsc(NCc2ncc[nH]2)c1C1CC1. The van der Waals surface area contributed by atoms with Crippen molar-refractivity contribution in [1.29, 1.82) is 0 Å². The molecule has 0 bridgehead atoms. The molecule has 4 N–H and O–H groups in total. The first-order valence-electron chi connectivity index (χ1n) is 5.32. The molecule has 0 unspecified atom stereocenters. The molecule has 6 heteroatoms. The van der Waals surface area contributed by atoms with Crippen molar-refractivity contribution in [2.45, 2.75) is 25.3 Å². The van der Waals surface area contributed by atoms with Gasteiger partial charge in [0.05, 0.1) is 6.54 Å². The zero-order valence-corrected chi connectivity index (χ0v) is 9.55. The highest BCUT2D eigenvalue weighted by Gasteiger charge is 2.30. The Morgan fingerprint density at radius 3 is 3.12 bits per heavy atom. The molecule has 0 spiro atoms. The maximum absolute atomic E-state index is 5.87. The molecule has 1 fully saturated rings. The second-order valence-corrected chi connectivity index (χ2v) is 4.75. The summed E-state index contributed by atoms with van der Waals surface area (Å²) in [5, 5.41) is 4.43. The van der Waals surface area contributed by atoms with Gasteiger partial charge in [0, 0.05) is 18.0 Å². The first-order chi connectivity index (χ1) is 7.84. The number of hydrogen-bond acceptors (Lipinski definition) is 5. The minimum atomic E-state index is 0.623. The Bertz CT molecular complexity index is 471. The summed E-state index contributed by atoms with van der Waals surface area (Å²) in [5.74, 6) is 2.24. The van der Waals surface area contributed by atoms with Crippen molar-refractivity contribution >= 4 is 22.4 Å². The van der Waals surface area contributed by atoms with Crippen molar-refractivity contribution in [3.8, 4) is 0 Å². The van der Waals surface area contributed by atoms with Gasteiger partial charge in [-0.3, -0.25) is 0 Å². The van der Waals surface area contributed by atoms with E-state index in [4.69, 9.17) is 5.73 Å². The summed E-state index contributed by atoms with van der Waals surface area (Å²) in [7, 11) is 0. The lowest BCUT2D eigenvalue weighted by atomic mass is 10.2. The van der Waals surface area contributed by atoms with Gasteiger partial charge in [-0.25, -0.2) is 4.98 Å². The summed E-state index contributed by atoms with van der Waals surface area (Å²) in [6.45, 7) is 0.689. The first-order valence-corrected chi connectivity index (χ1v) is 6.09. The van der Waals surface area contributed by atoms with E-state index in [0.29, 0.717) is 18.3 Å². The van der Waals surface area contributed by atoms with E-state index in [1.54, 1.807) is 6.20 Å². The second kappa shape index (κ2) is 3.79. The molecule has 84 valence electrons. The third-order valence-electron chi connectivity index (χ3n) is 2.71. The molecule has 1 aliphatic rings. The Morgan fingerprint density at radius 2 is 2.44 bits per heavy atom. The van der Waals surface area contributed by atoms with E-state index >= 15 is 0 Å². The molecule has 16 heavy (non-hydrogen) atoms. The van der Waals surface area contributed by atoms with Crippen molar-refractivity contribution in [3.63, 3.8) is 0 Å². The lowest BCUT2D eigenvalue weighted by Crippen LogP contribution is -2.02. The molecule has 0 saturated heterocycles. The number of hydrogen-bond donors (Lipinski definition) is 3. The molecule has 2 aromatic heterocycles. The van der Waals surface area contributed by atoms with Crippen molar-refractivity contribution < 1.29 is 0 Å². The fourth-order valence-corrected chi connectivity index (χ4v) is 2.56. The molecule has 2 aromatic rings. The van der Waals surface area contributed by atoms with E-state index < -0.39 is 0 Å². The van der Waals surface area contributed by atoms with Crippen LogP contribution in [0.5, 0.6) is 0 Å². The van der Waals surface area contributed by atoms with Crippen LogP contribution in [-0.4, -0.2) is 14.3 Å². The summed E-state index contributed by atoms with van der Waals surface area (Å²) in [4.78, 5) is 7.22. The van der Waals surface area contributed by atoms with Crippen LogP contribution in [0.3, 0.4) is 0 Å². The van der Waals surface area contributed by atoms with Gasteiger partial charge in [-0.05, 0) is 30.3 Å². The topological polar surface area (TPSA) is 79.6 Å². The number of aromatic amines is 1. The first kappa shape index (κ1) is 9.65. The Labute approximate surface area is 97.3 Å². The van der Waals surface area contributed by atoms with Crippen molar-refractivity contribution in [1.82, 2.24) is 14.3 Å². The van der Waals surface area contributed by atoms with Gasteiger partial charge < -0.3 is 16.0 Å². The Kier molecular flexibility index (Phi) is 2.28. The van der Waals surface area contributed by atoms with Crippen LogP contribution >= 0.6 is 11.5 Å². The number of aromatic nitrogens is 3. The van der Waals surface area contributed by atoms with Crippen LogP contribution in [0.1, 0.15) is 30.1 Å². The molecular formula is C10H13N5S. The second-order valence-electron chi connectivity index (χ2n) is 3.97. The number of H-pyrrole nitrogens is 1. The molecule has 3 rings (SSSR count). The molecule has 0 aromatic carbocycles. The summed E-state index contributed by atoms with van der Waals surface area (Å²) >= 11 is 1.44. The van der Waals surface area contributed by atoms with E-state index in [1.807, 2.05) is 6.20 Å². The summed E-state index contributed by atoms with van der Waals surface area (Å²) in [6, 6.07) is 0. The van der Waals surface area contributed by atoms with Gasteiger partial charge >= 0.3 is 0 Å². The fourth-order valence-electron chi connectivity index (χ4n) is 1.76. The average molecular weight is 235 g/mol. The molecular weight excluding hydrogens is 222 g/mol. The third-order valence-corrected chi connectivity index (χ3v) is 3.55. The number of rotatable bonds is 4. The molecule has 0 atom stereocenters. The standard InChI is InChI=1S/C10H13N5S/c11-9-8(6-1-2-6)10(16-15-9)14-5-7-12-3-4-13-7/h3-4,6,14H,1-2,5H2,(H2,11,15)(H,12,13). The van der Waals surface area contributed by atoms with Crippen LogP contribution in [0.2, 0.25) is 0 Å². The van der Waals surface area contributed by atoms with E-state index in [-0.39, 0.29) is 0 Å². The predicted molar refractivity (Wildman–Crippen MR) is 64.4 cm³/mol. The number of nitrogens with two attached hydrogens (primary N) is 1. The van der Waals surface area contributed by atoms with Gasteiger partial charge in [0.1, 0.15) is 16.6 Å². The van der Waals surface area contributed by atoms with E-state index in [9.17, 15) is 0 Å². The summed E-state index contributed by atoms with van der Waals surface area (Å²) in [6.07, 6.45) is 6.04. The third kappa shape index (κ3) is 1.76. The molecule has 0 radical (unpaired) electrons. The van der Waals surface area contributed by atoms with Crippen molar-refractivity contribution in [2.75, 3.05) is 11.1 Å². The monoisotopic (exact) mass is 235 g/mol. The van der Waals surface area contributed by atoms with Crippen LogP contribution < -0.4 is 11.1 Å². The van der Waals surface area contributed by atoms with E-state index in [0.717, 1.165) is 10.8 Å². The molecule has 0 aliphatic heterocycles. The Morgan fingerprint density at radius 1 is 1.56 bits per heavy atom. The lowest BCUT2D eigenvalue weighted by Gasteiger charge is -2.04. The zero-order chi connectivity index (χ0) is 11.0. The van der Waals surface area contributed by atoms with Crippen LogP contribution in [0.4, 0.5) is 10.8 Å². The van der Waals surface area contributed by atoms with Gasteiger partial charge in [0.15, 0.2) is 0 Å². The normalized spacial score (nSPS) is 15.2. The largest absolute Gasteiger partial charge is 0.383 e. The van der Waals surface area contributed by atoms with Crippen molar-refractivity contribution in [3.05, 3.63) is 23.8 Å². The molecule has 2 heterocycles. The van der Waals surface area contributed by atoms with Gasteiger partial charge in [-0.2, -0.15) is 4.37 Å². The number of nitrogen functional groups attached to an aromatic ring is 1. The van der Waals surface area contributed by atoms with Crippen LogP contribution in [-0.2, 0) is 6.54 Å². The van der Waals surface area contributed by atoms with E-state index in [2.05, 4.69) is 19.7 Å². The summed E-state index contributed by atoms with van der Waals surface area (Å²) in [5.41, 5.74) is 7.07. The maximum Gasteiger partial charge on any atom is 0.142 e. The maximum atomic E-state index is 5.87. The van der Waals surface area contributed by atoms with Crippen LogP contribution in [0.15, 0.2) is 12.4 Å². The van der Waals surface area contributed by atoms with Gasteiger partial charge in [0.2, 0.25) is 0 Å². The quantitative estimate of drug-likeness (QED) is 0.756. The number of imidazole rings is 1. The van der Waals surface area contributed by atoms with E-state index in [1.165, 1.54) is 29.9 Å². The lowest BCUT2D eigenvalue weighted by molar-refractivity contribution is 0.997. The molecule has 5 nitrogen and oxygen atoms in total. The number of nitrogens with one attached hydrogen (secondary N) is 2. The zero-order valence-electron chi connectivity index (χ0n) is 8.73. The average Bonchev–Trinajstić information content (AvgIpc) is 2.85. The Balaban J connectivity index is 1.74. The molecule has 1 aliphatic carbocycles. The van der Waals surface area contributed by atoms with Gasteiger partial charge in [0.25, 0.3) is 0 Å². The highest BCUT2D eigenvalue weighted by Crippen LogP contribution is 2.47. The summed E-state index contributed by atoms with van der Waals surface area (Å²) < 4.78 is 4.20. The van der Waals surface area contributed by atoms with Gasteiger partial charge in [-0.1, -0.05) is 0 Å². The Hall–Kier alpha value is -1.56. The number of anilines is 2. The minimum absolute atomic E-state index is 0.623. The van der Waals surface area contributed by atoms with Crippen LogP contribution in [0.25, 0.3) is 0 Å².